The first-order valence-corrected chi connectivity index (χ1v) is 10.5. The van der Waals surface area contributed by atoms with E-state index in [0.717, 1.165) is 27.8 Å². The van der Waals surface area contributed by atoms with E-state index in [1.54, 1.807) is 12.1 Å². The van der Waals surface area contributed by atoms with Gasteiger partial charge in [-0.1, -0.05) is 12.1 Å². The molecule has 0 radical (unpaired) electrons. The predicted molar refractivity (Wildman–Crippen MR) is 130 cm³/mol. The molecule has 0 saturated heterocycles. The Morgan fingerprint density at radius 1 is 1.09 bits per heavy atom. The normalized spacial score (nSPS) is 10.8. The molecule has 1 heterocycles. The van der Waals surface area contributed by atoms with Crippen LogP contribution in [0.1, 0.15) is 27.0 Å². The fraction of sp³-hybridized carbons (Fsp3) is 0.125. The van der Waals surface area contributed by atoms with E-state index in [4.69, 9.17) is 16.6 Å². The van der Waals surface area contributed by atoms with Gasteiger partial charge in [0.1, 0.15) is 5.52 Å². The maximum absolute atomic E-state index is 12.5. The van der Waals surface area contributed by atoms with E-state index in [0.29, 0.717) is 11.6 Å². The van der Waals surface area contributed by atoms with Crippen LogP contribution in [0.5, 0.6) is 0 Å². The highest BCUT2D eigenvalue weighted by atomic mass is 32.1. The molecule has 0 fully saturated rings. The minimum atomic E-state index is -0.526. The minimum absolute atomic E-state index is 0.0756. The summed E-state index contributed by atoms with van der Waals surface area (Å²) in [6.45, 7) is 5.53. The van der Waals surface area contributed by atoms with Crippen molar-refractivity contribution >= 4 is 45.7 Å². The predicted octanol–water partition coefficient (Wildman–Crippen LogP) is 5.46. The van der Waals surface area contributed by atoms with Crippen molar-refractivity contribution in [2.45, 2.75) is 20.8 Å². The number of nitrogens with zero attached hydrogens (tertiary/aromatic N) is 2. The lowest BCUT2D eigenvalue weighted by Crippen LogP contribution is -2.34. The number of benzene rings is 3. The number of aryl methyl sites for hydroxylation is 2. The summed E-state index contributed by atoms with van der Waals surface area (Å²) in [7, 11) is 0. The van der Waals surface area contributed by atoms with Gasteiger partial charge in [-0.3, -0.25) is 20.2 Å². The number of fused-ring (bicyclic) bond motifs is 1. The monoisotopic (exact) mass is 460 g/mol. The average Bonchev–Trinajstić information content (AvgIpc) is 3.18. The number of carbonyl (C=O) groups is 1. The highest BCUT2D eigenvalue weighted by molar-refractivity contribution is 7.80. The average molecular weight is 461 g/mol. The Labute approximate surface area is 194 Å². The molecule has 2 N–H and O–H groups in total. The van der Waals surface area contributed by atoms with Crippen LogP contribution < -0.4 is 10.6 Å². The number of aromatic nitrogens is 1. The second-order valence-electron chi connectivity index (χ2n) is 7.64. The minimum Gasteiger partial charge on any atom is -0.436 e. The number of carbonyl (C=O) groups excluding carboxylic acids is 1. The van der Waals surface area contributed by atoms with Crippen LogP contribution in [-0.4, -0.2) is 20.9 Å². The zero-order chi connectivity index (χ0) is 23.7. The zero-order valence-corrected chi connectivity index (χ0v) is 18.9. The van der Waals surface area contributed by atoms with Crippen molar-refractivity contribution in [3.63, 3.8) is 0 Å². The van der Waals surface area contributed by atoms with Gasteiger partial charge >= 0.3 is 0 Å². The van der Waals surface area contributed by atoms with Gasteiger partial charge < -0.3 is 9.73 Å². The molecule has 0 saturated carbocycles. The van der Waals surface area contributed by atoms with Crippen molar-refractivity contribution in [2.24, 2.45) is 0 Å². The number of nitro benzene ring substituents is 1. The van der Waals surface area contributed by atoms with E-state index >= 15 is 0 Å². The van der Waals surface area contributed by atoms with Crippen LogP contribution in [-0.2, 0) is 0 Å². The molecule has 0 aliphatic rings. The van der Waals surface area contributed by atoms with Gasteiger partial charge in [0.15, 0.2) is 10.7 Å². The van der Waals surface area contributed by atoms with Crippen molar-refractivity contribution in [3.8, 4) is 11.5 Å². The molecule has 9 heteroatoms. The molecule has 0 bridgehead atoms. The van der Waals surface area contributed by atoms with Crippen LogP contribution in [0, 0.1) is 30.9 Å². The number of oxazole rings is 1. The van der Waals surface area contributed by atoms with Crippen LogP contribution in [0.25, 0.3) is 22.6 Å². The molecule has 8 nitrogen and oxygen atoms in total. The van der Waals surface area contributed by atoms with Crippen LogP contribution in [0.15, 0.2) is 59.0 Å². The molecule has 1 aromatic heterocycles. The number of rotatable bonds is 4. The maximum atomic E-state index is 12.5. The number of nitro groups is 1. The van der Waals surface area contributed by atoms with Gasteiger partial charge in [-0.25, -0.2) is 4.98 Å². The molecule has 1 amide bonds. The summed E-state index contributed by atoms with van der Waals surface area (Å²) in [5.74, 6) is -0.00950. The third-order valence-electron chi connectivity index (χ3n) is 5.18. The third-order valence-corrected chi connectivity index (χ3v) is 5.39. The van der Waals surface area contributed by atoms with Crippen LogP contribution in [0.4, 0.5) is 11.4 Å². The number of thiocarbonyl (C=S) groups is 1. The molecule has 0 atom stereocenters. The van der Waals surface area contributed by atoms with Crippen molar-refractivity contribution in [3.05, 3.63) is 87.0 Å². The van der Waals surface area contributed by atoms with Gasteiger partial charge in [0.05, 0.1) is 4.92 Å². The summed E-state index contributed by atoms with van der Waals surface area (Å²) in [4.78, 5) is 27.7. The Morgan fingerprint density at radius 2 is 1.82 bits per heavy atom. The van der Waals surface area contributed by atoms with Gasteiger partial charge in [0.25, 0.3) is 11.6 Å². The Kier molecular flexibility index (Phi) is 5.89. The van der Waals surface area contributed by atoms with E-state index < -0.39 is 10.8 Å². The van der Waals surface area contributed by atoms with Crippen molar-refractivity contribution in [1.82, 2.24) is 10.3 Å². The Balaban J connectivity index is 1.46. The van der Waals surface area contributed by atoms with Gasteiger partial charge in [-0.15, -0.1) is 0 Å². The molecule has 0 spiro atoms. The summed E-state index contributed by atoms with van der Waals surface area (Å²) >= 11 is 5.23. The molecule has 0 aliphatic carbocycles. The van der Waals surface area contributed by atoms with E-state index in [1.165, 1.54) is 25.1 Å². The number of hydrogen-bond donors (Lipinski definition) is 2. The van der Waals surface area contributed by atoms with Gasteiger partial charge in [0.2, 0.25) is 5.89 Å². The van der Waals surface area contributed by atoms with E-state index in [-0.39, 0.29) is 21.9 Å². The quantitative estimate of drug-likeness (QED) is 0.236. The molecule has 4 rings (SSSR count). The summed E-state index contributed by atoms with van der Waals surface area (Å²) in [6.07, 6.45) is 0. The van der Waals surface area contributed by atoms with Crippen molar-refractivity contribution in [2.75, 3.05) is 5.32 Å². The van der Waals surface area contributed by atoms with Crippen molar-refractivity contribution in [1.29, 1.82) is 0 Å². The van der Waals surface area contributed by atoms with Gasteiger partial charge in [-0.2, -0.15) is 0 Å². The van der Waals surface area contributed by atoms with E-state index in [9.17, 15) is 14.9 Å². The Bertz CT molecular complexity index is 1410. The molecule has 33 heavy (non-hydrogen) atoms. The zero-order valence-electron chi connectivity index (χ0n) is 18.1. The first-order chi connectivity index (χ1) is 15.7. The lowest BCUT2D eigenvalue weighted by Gasteiger charge is -2.11. The highest BCUT2D eigenvalue weighted by Crippen LogP contribution is 2.28. The molecule has 0 aliphatic heterocycles. The van der Waals surface area contributed by atoms with E-state index in [1.807, 2.05) is 32.0 Å². The van der Waals surface area contributed by atoms with Crippen LogP contribution >= 0.6 is 12.2 Å². The number of hydrogen-bond acceptors (Lipinski definition) is 6. The smallest absolute Gasteiger partial charge is 0.273 e. The number of nitrogens with one attached hydrogen (secondary N) is 2. The summed E-state index contributed by atoms with van der Waals surface area (Å²) in [5, 5.41) is 16.7. The van der Waals surface area contributed by atoms with Crippen molar-refractivity contribution < 1.29 is 14.1 Å². The molecular weight excluding hydrogens is 440 g/mol. The molecule has 4 aromatic rings. The topological polar surface area (TPSA) is 110 Å². The fourth-order valence-electron chi connectivity index (χ4n) is 3.60. The number of anilines is 1. The molecular formula is C24H20N4O4S. The van der Waals surface area contributed by atoms with E-state index in [2.05, 4.69) is 21.7 Å². The molecule has 0 unspecified atom stereocenters. The number of amides is 1. The highest BCUT2D eigenvalue weighted by Gasteiger charge is 2.18. The van der Waals surface area contributed by atoms with Gasteiger partial charge in [-0.05, 0) is 80.5 Å². The molecule has 166 valence electrons. The van der Waals surface area contributed by atoms with Gasteiger partial charge in [0, 0.05) is 28.4 Å². The maximum Gasteiger partial charge on any atom is 0.273 e. The van der Waals surface area contributed by atoms with Crippen LogP contribution in [0.2, 0.25) is 0 Å². The summed E-state index contributed by atoms with van der Waals surface area (Å²) in [6, 6.07) is 15.6. The Hall–Kier alpha value is -4.11. The largest absolute Gasteiger partial charge is 0.436 e. The first-order valence-electron chi connectivity index (χ1n) is 10.1. The lowest BCUT2D eigenvalue weighted by molar-refractivity contribution is -0.385. The second kappa shape index (κ2) is 8.79. The SMILES string of the molecule is Cc1cc(C)c2oc(-c3ccc(NC(=S)NC(=O)c4cccc([N+](=O)[O-])c4C)cc3)nc2c1. The molecule has 3 aromatic carbocycles. The summed E-state index contributed by atoms with van der Waals surface area (Å²) < 4.78 is 5.94. The fourth-order valence-corrected chi connectivity index (χ4v) is 3.81. The van der Waals surface area contributed by atoms with Crippen LogP contribution in [0.3, 0.4) is 0 Å². The second-order valence-corrected chi connectivity index (χ2v) is 8.05. The third kappa shape index (κ3) is 4.58. The standard InChI is InChI=1S/C24H20N4O4S/c1-13-11-14(2)21-19(12-13)26-23(32-21)16-7-9-17(10-8-16)25-24(33)27-22(29)18-5-4-6-20(15(18)3)28(30)31/h4-12H,1-3H3,(H2,25,27,29,33). The Morgan fingerprint density at radius 3 is 2.52 bits per heavy atom. The summed E-state index contributed by atoms with van der Waals surface area (Å²) in [5.41, 5.74) is 5.52. The lowest BCUT2D eigenvalue weighted by atomic mass is 10.1. The first kappa shape index (κ1) is 22.1.